The zero-order chi connectivity index (χ0) is 18.0. The largest absolute Gasteiger partial charge is 0.416 e. The Kier molecular flexibility index (Phi) is 5.24. The molecule has 3 nitrogen and oxygen atoms in total. The first-order valence-electron chi connectivity index (χ1n) is 6.05. The zero-order valence-corrected chi connectivity index (χ0v) is 11.9. The molecule has 0 aliphatic rings. The van der Waals surface area contributed by atoms with E-state index in [-0.39, 0.29) is 6.07 Å². The highest BCUT2D eigenvalue weighted by Gasteiger charge is 2.37. The fraction of sp³-hybridized carbons (Fsp3) is 0.286. The summed E-state index contributed by atoms with van der Waals surface area (Å²) in [5, 5.41) is 0. The number of hydrogen-bond acceptors (Lipinski definition) is 2. The molecule has 0 unspecified atom stereocenters. The smallest absolute Gasteiger partial charge is 0.345 e. The van der Waals surface area contributed by atoms with Crippen molar-refractivity contribution in [3.05, 3.63) is 47.0 Å². The van der Waals surface area contributed by atoms with Crippen LogP contribution in [0.5, 0.6) is 0 Å². The number of allylic oxidation sites excluding steroid dienone is 1. The standard InChI is InChI=1S/C14H11F6NO2/c1-21(2)12(23)4-3-11(22)8-5-9(13(15,16)17)7-10(6-8)14(18,19)20/h3-7H,1-2H3/b4-3+. The van der Waals surface area contributed by atoms with Crippen molar-refractivity contribution in [3.8, 4) is 0 Å². The number of likely N-dealkylation sites (N-methyl/N-ethyl adjacent to an activating group) is 1. The minimum absolute atomic E-state index is 0.0779. The first kappa shape index (κ1) is 18.7. The van der Waals surface area contributed by atoms with Gasteiger partial charge in [-0.1, -0.05) is 0 Å². The Bertz CT molecular complexity index is 611. The van der Waals surface area contributed by atoms with Crippen LogP contribution in [-0.4, -0.2) is 30.7 Å². The van der Waals surface area contributed by atoms with Crippen LogP contribution in [0.15, 0.2) is 30.4 Å². The summed E-state index contributed by atoms with van der Waals surface area (Å²) < 4.78 is 76.0. The molecule has 0 atom stereocenters. The minimum Gasteiger partial charge on any atom is -0.345 e. The molecule has 1 rings (SSSR count). The number of benzene rings is 1. The van der Waals surface area contributed by atoms with Gasteiger partial charge in [0, 0.05) is 25.7 Å². The van der Waals surface area contributed by atoms with Crippen LogP contribution in [0.2, 0.25) is 0 Å². The number of carbonyl (C=O) groups is 2. The molecular formula is C14H11F6NO2. The molecule has 1 aromatic rings. The van der Waals surface area contributed by atoms with Crippen molar-refractivity contribution in [2.24, 2.45) is 0 Å². The molecule has 0 bridgehead atoms. The van der Waals surface area contributed by atoms with E-state index in [1.54, 1.807) is 0 Å². The number of nitrogens with zero attached hydrogens (tertiary/aromatic N) is 1. The minimum atomic E-state index is -5.04. The molecule has 126 valence electrons. The maximum Gasteiger partial charge on any atom is 0.416 e. The maximum atomic E-state index is 12.7. The van der Waals surface area contributed by atoms with Crippen LogP contribution in [0.4, 0.5) is 26.3 Å². The van der Waals surface area contributed by atoms with Crippen LogP contribution >= 0.6 is 0 Å². The highest BCUT2D eigenvalue weighted by molar-refractivity contribution is 6.07. The normalized spacial score (nSPS) is 12.5. The molecule has 0 saturated carbocycles. The summed E-state index contributed by atoms with van der Waals surface area (Å²) in [6.07, 6.45) is -8.70. The van der Waals surface area contributed by atoms with E-state index in [0.717, 1.165) is 11.0 Å². The van der Waals surface area contributed by atoms with Crippen LogP contribution in [-0.2, 0) is 17.1 Å². The number of rotatable bonds is 3. The lowest BCUT2D eigenvalue weighted by molar-refractivity contribution is -0.143. The fourth-order valence-corrected chi connectivity index (χ4v) is 1.49. The van der Waals surface area contributed by atoms with E-state index in [1.165, 1.54) is 14.1 Å². The first-order chi connectivity index (χ1) is 10.3. The van der Waals surface area contributed by atoms with Gasteiger partial charge in [0.1, 0.15) is 0 Å². The summed E-state index contributed by atoms with van der Waals surface area (Å²) in [4.78, 5) is 24.1. The van der Waals surface area contributed by atoms with Crippen LogP contribution in [0.25, 0.3) is 0 Å². The van der Waals surface area contributed by atoms with Gasteiger partial charge in [-0.3, -0.25) is 9.59 Å². The number of hydrogen-bond donors (Lipinski definition) is 0. The highest BCUT2D eigenvalue weighted by atomic mass is 19.4. The second-order valence-corrected chi connectivity index (χ2v) is 4.72. The lowest BCUT2D eigenvalue weighted by Crippen LogP contribution is -2.19. The lowest BCUT2D eigenvalue weighted by atomic mass is 10.0. The SMILES string of the molecule is CN(C)C(=O)/C=C/C(=O)c1cc(C(F)(F)F)cc(C(F)(F)F)c1. The second-order valence-electron chi connectivity index (χ2n) is 4.72. The van der Waals surface area contributed by atoms with Crippen LogP contribution in [0.1, 0.15) is 21.5 Å². The Morgan fingerprint density at radius 3 is 1.65 bits per heavy atom. The van der Waals surface area contributed by atoms with E-state index in [2.05, 4.69) is 0 Å². The van der Waals surface area contributed by atoms with Gasteiger partial charge in [0.25, 0.3) is 0 Å². The molecule has 0 spiro atoms. The third-order valence-electron chi connectivity index (χ3n) is 2.69. The van der Waals surface area contributed by atoms with Gasteiger partial charge in [0.05, 0.1) is 11.1 Å². The molecule has 1 amide bonds. The molecule has 0 heterocycles. The summed E-state index contributed by atoms with van der Waals surface area (Å²) in [6, 6.07) is 0.537. The van der Waals surface area contributed by atoms with Crippen LogP contribution < -0.4 is 0 Å². The zero-order valence-electron chi connectivity index (χ0n) is 11.9. The predicted octanol–water partition coefficient (Wildman–Crippen LogP) is 3.55. The molecule has 9 heteroatoms. The Hall–Kier alpha value is -2.32. The Morgan fingerprint density at radius 2 is 1.30 bits per heavy atom. The van der Waals surface area contributed by atoms with Crippen LogP contribution in [0.3, 0.4) is 0 Å². The van der Waals surface area contributed by atoms with E-state index in [4.69, 9.17) is 0 Å². The quantitative estimate of drug-likeness (QED) is 0.480. The third kappa shape index (κ3) is 5.11. The summed E-state index contributed by atoms with van der Waals surface area (Å²) in [6.45, 7) is 0. The molecule has 0 fully saturated rings. The molecular weight excluding hydrogens is 328 g/mol. The molecule has 23 heavy (non-hydrogen) atoms. The maximum absolute atomic E-state index is 12.7. The Balaban J connectivity index is 3.30. The second kappa shape index (κ2) is 6.43. The van der Waals surface area contributed by atoms with Gasteiger partial charge < -0.3 is 4.90 Å². The highest BCUT2D eigenvalue weighted by Crippen LogP contribution is 2.36. The first-order valence-corrected chi connectivity index (χ1v) is 6.05. The third-order valence-corrected chi connectivity index (χ3v) is 2.69. The van der Waals surface area contributed by atoms with Crippen molar-refractivity contribution in [2.45, 2.75) is 12.4 Å². The number of carbonyl (C=O) groups excluding carboxylic acids is 2. The van der Waals surface area contributed by atoms with E-state index >= 15 is 0 Å². The Morgan fingerprint density at radius 1 is 0.870 bits per heavy atom. The van der Waals surface area contributed by atoms with Gasteiger partial charge in [-0.25, -0.2) is 0 Å². The van der Waals surface area contributed by atoms with Gasteiger partial charge in [0.15, 0.2) is 5.78 Å². The van der Waals surface area contributed by atoms with Gasteiger partial charge in [-0.05, 0) is 24.3 Å². The van der Waals surface area contributed by atoms with Crippen molar-refractivity contribution in [1.82, 2.24) is 4.90 Å². The predicted molar refractivity (Wildman–Crippen MR) is 68.6 cm³/mol. The number of alkyl halides is 6. The van der Waals surface area contributed by atoms with Crippen molar-refractivity contribution in [3.63, 3.8) is 0 Å². The van der Waals surface area contributed by atoms with Gasteiger partial charge in [-0.15, -0.1) is 0 Å². The van der Waals surface area contributed by atoms with Gasteiger partial charge >= 0.3 is 12.4 Å². The number of amides is 1. The summed E-state index contributed by atoms with van der Waals surface area (Å²) in [5.74, 6) is -1.78. The molecule has 0 aliphatic carbocycles. The summed E-state index contributed by atoms with van der Waals surface area (Å²) >= 11 is 0. The van der Waals surface area contributed by atoms with Crippen molar-refractivity contribution >= 4 is 11.7 Å². The molecule has 0 radical (unpaired) electrons. The Labute approximate surface area is 127 Å². The lowest BCUT2D eigenvalue weighted by Gasteiger charge is -2.13. The van der Waals surface area contributed by atoms with E-state index in [0.29, 0.717) is 18.2 Å². The summed E-state index contributed by atoms with van der Waals surface area (Å²) in [5.41, 5.74) is -4.00. The van der Waals surface area contributed by atoms with Crippen molar-refractivity contribution in [2.75, 3.05) is 14.1 Å². The monoisotopic (exact) mass is 339 g/mol. The fourth-order valence-electron chi connectivity index (χ4n) is 1.49. The molecule has 0 saturated heterocycles. The molecule has 0 aromatic heterocycles. The number of halogens is 6. The van der Waals surface area contributed by atoms with E-state index in [9.17, 15) is 35.9 Å². The average Bonchev–Trinajstić information content (AvgIpc) is 2.41. The van der Waals surface area contributed by atoms with Gasteiger partial charge in [0.2, 0.25) is 5.91 Å². The molecule has 1 aromatic carbocycles. The van der Waals surface area contributed by atoms with E-state index < -0.39 is 40.7 Å². The van der Waals surface area contributed by atoms with E-state index in [1.807, 2.05) is 0 Å². The average molecular weight is 339 g/mol. The van der Waals surface area contributed by atoms with Crippen molar-refractivity contribution < 1.29 is 35.9 Å². The topological polar surface area (TPSA) is 37.4 Å². The molecule has 0 aliphatic heterocycles. The number of ketones is 1. The van der Waals surface area contributed by atoms with Gasteiger partial charge in [-0.2, -0.15) is 26.3 Å². The van der Waals surface area contributed by atoms with Crippen molar-refractivity contribution in [1.29, 1.82) is 0 Å². The molecule has 0 N–H and O–H groups in total. The summed E-state index contributed by atoms with van der Waals surface area (Å²) in [7, 11) is 2.73. The van der Waals surface area contributed by atoms with Crippen LogP contribution in [0, 0.1) is 0 Å².